The summed E-state index contributed by atoms with van der Waals surface area (Å²) in [6, 6.07) is 0. The molecule has 0 N–H and O–H groups in total. The zero-order valence-corrected chi connectivity index (χ0v) is 50.5. The van der Waals surface area contributed by atoms with Gasteiger partial charge in [-0.15, -0.1) is 0 Å². The van der Waals surface area contributed by atoms with Gasteiger partial charge in [0, 0.05) is 19.3 Å². The van der Waals surface area contributed by atoms with E-state index >= 15 is 0 Å². The van der Waals surface area contributed by atoms with E-state index in [1.807, 2.05) is 0 Å². The highest BCUT2D eigenvalue weighted by Gasteiger charge is 2.19. The lowest BCUT2D eigenvalue weighted by Gasteiger charge is -2.18. The Kier molecular flexibility index (Phi) is 61.7. The van der Waals surface area contributed by atoms with Crippen LogP contribution in [-0.2, 0) is 28.6 Å². The Morgan fingerprint density at radius 3 is 0.737 bits per heavy atom. The van der Waals surface area contributed by atoms with Crippen LogP contribution in [0.4, 0.5) is 0 Å². The third-order valence-electron chi connectivity index (χ3n) is 14.4. The van der Waals surface area contributed by atoms with Gasteiger partial charge in [0.25, 0.3) is 0 Å². The third-order valence-corrected chi connectivity index (χ3v) is 14.4. The lowest BCUT2D eigenvalue weighted by Crippen LogP contribution is -2.30. The Morgan fingerprint density at radius 1 is 0.263 bits per heavy atom. The van der Waals surface area contributed by atoms with E-state index in [-0.39, 0.29) is 31.1 Å². The van der Waals surface area contributed by atoms with Crippen LogP contribution in [0.1, 0.15) is 335 Å². The summed E-state index contributed by atoms with van der Waals surface area (Å²) in [4.78, 5) is 38.1. The molecule has 0 spiro atoms. The van der Waals surface area contributed by atoms with Crippen LogP contribution < -0.4 is 0 Å². The summed E-state index contributed by atoms with van der Waals surface area (Å²) in [6.45, 7) is 6.61. The van der Waals surface area contributed by atoms with Crippen LogP contribution in [-0.4, -0.2) is 37.2 Å². The first-order valence-corrected chi connectivity index (χ1v) is 32.9. The smallest absolute Gasteiger partial charge is 0.306 e. The molecule has 0 aliphatic carbocycles. The predicted octanol–water partition coefficient (Wildman–Crippen LogP) is 22.5. The number of rotatable bonds is 60. The van der Waals surface area contributed by atoms with Crippen LogP contribution in [0.2, 0.25) is 0 Å². The van der Waals surface area contributed by atoms with Gasteiger partial charge in [0.15, 0.2) is 6.10 Å². The Hall–Kier alpha value is -3.15. The van der Waals surface area contributed by atoms with E-state index in [0.717, 1.165) is 96.3 Å². The molecule has 0 fully saturated rings. The second-order valence-corrected chi connectivity index (χ2v) is 22.0. The standard InChI is InChI=1S/C70H124O6/c1-4-7-10-13-16-19-21-23-25-27-29-31-32-33-34-35-36-37-38-40-41-43-45-47-49-51-54-57-60-63-69(72)75-66-67(65-74-68(71)62-59-56-53-18-15-12-9-6-3)76-70(73)64-61-58-55-52-50-48-46-44-42-39-30-28-26-24-22-20-17-14-11-8-5-2/h21-24,27-30,32-33,42,44,67H,4-20,25-26,31,34-41,43,45-66H2,1-3H3/b23-21-,24-22-,29-27-,30-28-,33-32-,44-42-. The molecule has 0 aromatic rings. The van der Waals surface area contributed by atoms with Gasteiger partial charge in [0.05, 0.1) is 0 Å². The van der Waals surface area contributed by atoms with Gasteiger partial charge in [-0.3, -0.25) is 14.4 Å². The minimum Gasteiger partial charge on any atom is -0.462 e. The van der Waals surface area contributed by atoms with Gasteiger partial charge in [-0.05, 0) is 96.3 Å². The minimum absolute atomic E-state index is 0.0783. The molecular formula is C70H124O6. The van der Waals surface area contributed by atoms with Crippen molar-refractivity contribution >= 4 is 17.9 Å². The van der Waals surface area contributed by atoms with Crippen LogP contribution in [0, 0.1) is 0 Å². The van der Waals surface area contributed by atoms with Crippen molar-refractivity contribution in [1.29, 1.82) is 0 Å². The molecule has 6 heteroatoms. The molecule has 0 aromatic heterocycles. The first kappa shape index (κ1) is 72.8. The van der Waals surface area contributed by atoms with Crippen LogP contribution >= 0.6 is 0 Å². The van der Waals surface area contributed by atoms with E-state index in [4.69, 9.17) is 14.2 Å². The Balaban J connectivity index is 4.15. The molecule has 0 saturated heterocycles. The second-order valence-electron chi connectivity index (χ2n) is 22.0. The van der Waals surface area contributed by atoms with Crippen LogP contribution in [0.3, 0.4) is 0 Å². The van der Waals surface area contributed by atoms with Crippen molar-refractivity contribution in [2.75, 3.05) is 13.2 Å². The fourth-order valence-corrected chi connectivity index (χ4v) is 9.46. The molecule has 6 nitrogen and oxygen atoms in total. The molecule has 0 bridgehead atoms. The van der Waals surface area contributed by atoms with Gasteiger partial charge < -0.3 is 14.2 Å². The van der Waals surface area contributed by atoms with Crippen molar-refractivity contribution in [1.82, 2.24) is 0 Å². The molecule has 0 aliphatic rings. The zero-order chi connectivity index (χ0) is 55.0. The van der Waals surface area contributed by atoms with Gasteiger partial charge in [-0.1, -0.05) is 293 Å². The molecule has 0 aliphatic heterocycles. The van der Waals surface area contributed by atoms with Crippen molar-refractivity contribution in [2.45, 2.75) is 341 Å². The highest BCUT2D eigenvalue weighted by Crippen LogP contribution is 2.16. The summed E-state index contributed by atoms with van der Waals surface area (Å²) in [6.07, 6.45) is 83.6. The maximum atomic E-state index is 12.9. The van der Waals surface area contributed by atoms with Gasteiger partial charge in [-0.25, -0.2) is 0 Å². The Labute approximate surface area is 472 Å². The van der Waals surface area contributed by atoms with E-state index in [1.165, 1.54) is 199 Å². The average molecular weight is 1060 g/mol. The summed E-state index contributed by atoms with van der Waals surface area (Å²) in [5.74, 6) is -0.882. The summed E-state index contributed by atoms with van der Waals surface area (Å²) in [5.41, 5.74) is 0. The maximum absolute atomic E-state index is 12.9. The van der Waals surface area contributed by atoms with Gasteiger partial charge >= 0.3 is 17.9 Å². The van der Waals surface area contributed by atoms with Crippen molar-refractivity contribution in [3.05, 3.63) is 72.9 Å². The lowest BCUT2D eigenvalue weighted by molar-refractivity contribution is -0.167. The average Bonchev–Trinajstić information content (AvgIpc) is 3.42. The van der Waals surface area contributed by atoms with Gasteiger partial charge in [0.1, 0.15) is 13.2 Å². The SMILES string of the molecule is CCCCCCC/C=C\C/C=C\C/C=C\CCCCCCCCCCCCCCCCC(=O)OCC(COC(=O)CCCCCCCCCC)OC(=O)CCCCCCCC/C=C\C/C=C\C/C=C\CCCCCCC. The number of ether oxygens (including phenoxy) is 3. The molecule has 0 amide bonds. The maximum Gasteiger partial charge on any atom is 0.306 e. The highest BCUT2D eigenvalue weighted by molar-refractivity contribution is 5.71. The van der Waals surface area contributed by atoms with Crippen LogP contribution in [0.5, 0.6) is 0 Å². The zero-order valence-electron chi connectivity index (χ0n) is 50.5. The van der Waals surface area contributed by atoms with Crippen molar-refractivity contribution in [3.8, 4) is 0 Å². The number of hydrogen-bond acceptors (Lipinski definition) is 6. The minimum atomic E-state index is -0.780. The highest BCUT2D eigenvalue weighted by atomic mass is 16.6. The Morgan fingerprint density at radius 2 is 0.474 bits per heavy atom. The molecule has 0 aromatic carbocycles. The summed E-state index contributed by atoms with van der Waals surface area (Å²) >= 11 is 0. The molecular weight excluding hydrogens is 937 g/mol. The van der Waals surface area contributed by atoms with E-state index < -0.39 is 6.10 Å². The molecule has 440 valence electrons. The third kappa shape index (κ3) is 61.7. The molecule has 76 heavy (non-hydrogen) atoms. The second kappa shape index (κ2) is 64.4. The largest absolute Gasteiger partial charge is 0.462 e. The number of carbonyl (C=O) groups is 3. The normalized spacial score (nSPS) is 12.5. The summed E-state index contributed by atoms with van der Waals surface area (Å²) in [5, 5.41) is 0. The summed E-state index contributed by atoms with van der Waals surface area (Å²) < 4.78 is 16.9. The van der Waals surface area contributed by atoms with Gasteiger partial charge in [0.2, 0.25) is 0 Å². The first-order valence-electron chi connectivity index (χ1n) is 32.9. The van der Waals surface area contributed by atoms with Gasteiger partial charge in [-0.2, -0.15) is 0 Å². The van der Waals surface area contributed by atoms with Crippen LogP contribution in [0.15, 0.2) is 72.9 Å². The fourth-order valence-electron chi connectivity index (χ4n) is 9.46. The van der Waals surface area contributed by atoms with Crippen molar-refractivity contribution in [2.24, 2.45) is 0 Å². The molecule has 0 rings (SSSR count). The number of allylic oxidation sites excluding steroid dienone is 12. The lowest BCUT2D eigenvalue weighted by atomic mass is 10.0. The molecule has 0 saturated carbocycles. The number of hydrogen-bond donors (Lipinski definition) is 0. The predicted molar refractivity (Wildman–Crippen MR) is 330 cm³/mol. The van der Waals surface area contributed by atoms with E-state index in [9.17, 15) is 14.4 Å². The van der Waals surface area contributed by atoms with Crippen molar-refractivity contribution in [3.63, 3.8) is 0 Å². The first-order chi connectivity index (χ1) is 37.5. The molecule has 0 heterocycles. The van der Waals surface area contributed by atoms with Crippen molar-refractivity contribution < 1.29 is 28.6 Å². The molecule has 1 unspecified atom stereocenters. The monoisotopic (exact) mass is 1060 g/mol. The fraction of sp³-hybridized carbons (Fsp3) is 0.786. The number of esters is 3. The molecule has 1 atom stereocenters. The number of carbonyl (C=O) groups excluding carboxylic acids is 3. The quantitative estimate of drug-likeness (QED) is 0.0261. The summed E-state index contributed by atoms with van der Waals surface area (Å²) in [7, 11) is 0. The van der Waals surface area contributed by atoms with E-state index in [1.54, 1.807) is 0 Å². The number of unbranched alkanes of at least 4 members (excludes halogenated alkanes) is 37. The topological polar surface area (TPSA) is 78.9 Å². The van der Waals surface area contributed by atoms with E-state index in [0.29, 0.717) is 19.3 Å². The van der Waals surface area contributed by atoms with Crippen LogP contribution in [0.25, 0.3) is 0 Å². The Bertz CT molecular complexity index is 1400. The van der Waals surface area contributed by atoms with E-state index in [2.05, 4.69) is 93.7 Å². The molecule has 0 radical (unpaired) electrons.